The van der Waals surface area contributed by atoms with Crippen molar-refractivity contribution >= 4 is 23.4 Å². The Hall–Kier alpha value is -2.01. The summed E-state index contributed by atoms with van der Waals surface area (Å²) in [5, 5.41) is 11.1. The van der Waals surface area contributed by atoms with Gasteiger partial charge in [-0.15, -0.1) is 0 Å². The summed E-state index contributed by atoms with van der Waals surface area (Å²) in [7, 11) is 0. The smallest absolute Gasteiger partial charge is 0.320 e. The molecule has 4 aliphatic rings. The largest absolute Gasteiger partial charge is 0.332 e. The third-order valence-electron chi connectivity index (χ3n) is 6.55. The Bertz CT molecular complexity index is 812. The first-order valence-corrected chi connectivity index (χ1v) is 10.3. The molecule has 1 aromatic carbocycles. The van der Waals surface area contributed by atoms with Gasteiger partial charge in [-0.25, -0.2) is 4.79 Å². The molecule has 27 heavy (non-hydrogen) atoms. The van der Waals surface area contributed by atoms with Gasteiger partial charge in [0, 0.05) is 11.7 Å². The maximum absolute atomic E-state index is 12.7. The predicted octanol–water partition coefficient (Wildman–Crippen LogP) is 4.68. The van der Waals surface area contributed by atoms with Crippen LogP contribution >= 0.6 is 11.6 Å². The molecular weight excluding hydrogens is 360 g/mol. The van der Waals surface area contributed by atoms with E-state index in [2.05, 4.69) is 15.7 Å². The fraction of sp³-hybridized carbons (Fsp3) is 0.524. The first kappa shape index (κ1) is 17.1. The van der Waals surface area contributed by atoms with Crippen LogP contribution in [0, 0.1) is 17.8 Å². The van der Waals surface area contributed by atoms with Crippen molar-refractivity contribution in [3.05, 3.63) is 47.1 Å². The van der Waals surface area contributed by atoms with E-state index in [1.165, 1.54) is 19.3 Å². The average molecular weight is 385 g/mol. The number of hydrogen-bond donors (Lipinski definition) is 2. The Kier molecular flexibility index (Phi) is 4.15. The number of anilines is 1. The van der Waals surface area contributed by atoms with Crippen LogP contribution in [-0.4, -0.2) is 21.4 Å². The van der Waals surface area contributed by atoms with Gasteiger partial charge in [0.05, 0.1) is 6.54 Å². The fourth-order valence-electron chi connectivity index (χ4n) is 5.98. The molecule has 0 aliphatic heterocycles. The molecule has 0 radical (unpaired) electrons. The topological polar surface area (TPSA) is 59.0 Å². The Balaban J connectivity index is 1.25. The summed E-state index contributed by atoms with van der Waals surface area (Å²) in [4.78, 5) is 12.7. The summed E-state index contributed by atoms with van der Waals surface area (Å²) in [6.45, 7) is 0.624. The van der Waals surface area contributed by atoms with Crippen LogP contribution in [0.1, 0.15) is 44.1 Å². The second-order valence-electron chi connectivity index (χ2n) is 8.79. The zero-order valence-electron chi connectivity index (χ0n) is 15.3. The molecule has 4 fully saturated rings. The van der Waals surface area contributed by atoms with Gasteiger partial charge in [-0.2, -0.15) is 5.10 Å². The van der Waals surface area contributed by atoms with Gasteiger partial charge in [-0.3, -0.25) is 10.00 Å². The van der Waals surface area contributed by atoms with Crippen LogP contribution < -0.4 is 10.6 Å². The molecule has 0 spiro atoms. The molecule has 0 atom stereocenters. The van der Waals surface area contributed by atoms with Crippen LogP contribution in [0.3, 0.4) is 0 Å². The molecule has 0 saturated heterocycles. The number of urea groups is 1. The number of aromatic nitrogens is 2. The summed E-state index contributed by atoms with van der Waals surface area (Å²) in [6, 6.07) is 9.90. The van der Waals surface area contributed by atoms with Crippen LogP contribution in [0.25, 0.3) is 0 Å². The van der Waals surface area contributed by atoms with Crippen LogP contribution in [0.5, 0.6) is 0 Å². The maximum Gasteiger partial charge on any atom is 0.320 e. The second kappa shape index (κ2) is 6.55. The van der Waals surface area contributed by atoms with Gasteiger partial charge in [-0.1, -0.05) is 41.9 Å². The molecule has 142 valence electrons. The van der Waals surface area contributed by atoms with Crippen LogP contribution in [0.4, 0.5) is 10.6 Å². The van der Waals surface area contributed by atoms with E-state index in [4.69, 9.17) is 11.6 Å². The van der Waals surface area contributed by atoms with Crippen LogP contribution in [-0.2, 0) is 6.54 Å². The normalized spacial score (nSPS) is 31.1. The highest BCUT2D eigenvalue weighted by atomic mass is 35.5. The molecule has 2 aromatic rings. The highest BCUT2D eigenvalue weighted by molar-refractivity contribution is 6.33. The zero-order chi connectivity index (χ0) is 18.4. The molecular formula is C21H25ClN4O. The van der Waals surface area contributed by atoms with Crippen molar-refractivity contribution in [1.29, 1.82) is 0 Å². The van der Waals surface area contributed by atoms with E-state index in [-0.39, 0.29) is 11.6 Å². The van der Waals surface area contributed by atoms with E-state index in [1.54, 1.807) is 10.9 Å². The number of carbonyl (C=O) groups excluding carboxylic acids is 1. The number of halogens is 1. The number of carbonyl (C=O) groups is 1. The standard InChI is InChI=1S/C21H25ClN4O/c22-18-13-26(12-14-4-2-1-3-5-14)25-19(18)23-20(27)24-21-9-15-6-16(10-21)8-17(7-15)11-21/h1-5,13,15-17H,6-12H2,(H2,23,24,25,27). The summed E-state index contributed by atoms with van der Waals surface area (Å²) >= 11 is 6.31. The summed E-state index contributed by atoms with van der Waals surface area (Å²) in [5.74, 6) is 2.82. The van der Waals surface area contributed by atoms with Crippen molar-refractivity contribution in [1.82, 2.24) is 15.1 Å². The highest BCUT2D eigenvalue weighted by Gasteiger charge is 2.51. The zero-order valence-corrected chi connectivity index (χ0v) is 16.1. The minimum atomic E-state index is -0.177. The SMILES string of the molecule is O=C(Nc1nn(Cc2ccccc2)cc1Cl)NC12CC3CC(CC(C3)C1)C2. The van der Waals surface area contributed by atoms with Crippen molar-refractivity contribution in [2.75, 3.05) is 5.32 Å². The summed E-state index contributed by atoms with van der Waals surface area (Å²) < 4.78 is 1.76. The Morgan fingerprint density at radius 1 is 1.11 bits per heavy atom. The minimum absolute atomic E-state index is 0.0160. The lowest BCUT2D eigenvalue weighted by molar-refractivity contribution is -0.0127. The Morgan fingerprint density at radius 3 is 2.37 bits per heavy atom. The van der Waals surface area contributed by atoms with E-state index >= 15 is 0 Å². The molecule has 0 unspecified atom stereocenters. The predicted molar refractivity (Wildman–Crippen MR) is 106 cm³/mol. The summed E-state index contributed by atoms with van der Waals surface area (Å²) in [5.41, 5.74) is 1.12. The molecule has 4 bridgehead atoms. The molecule has 6 heteroatoms. The molecule has 6 rings (SSSR count). The third-order valence-corrected chi connectivity index (χ3v) is 6.83. The number of rotatable bonds is 4. The van der Waals surface area contributed by atoms with Crippen LogP contribution in [0.2, 0.25) is 5.02 Å². The molecule has 5 nitrogen and oxygen atoms in total. The number of amides is 2. The molecule has 1 heterocycles. The van der Waals surface area contributed by atoms with Crippen molar-refractivity contribution in [2.24, 2.45) is 17.8 Å². The van der Waals surface area contributed by atoms with Gasteiger partial charge in [0.2, 0.25) is 0 Å². The lowest BCUT2D eigenvalue weighted by atomic mass is 9.53. The van der Waals surface area contributed by atoms with E-state index in [1.807, 2.05) is 30.3 Å². The molecule has 2 N–H and O–H groups in total. The van der Waals surface area contributed by atoms with Crippen LogP contribution in [0.15, 0.2) is 36.5 Å². The summed E-state index contributed by atoms with van der Waals surface area (Å²) in [6.07, 6.45) is 9.22. The van der Waals surface area contributed by atoms with Gasteiger partial charge < -0.3 is 5.32 Å². The van der Waals surface area contributed by atoms with E-state index < -0.39 is 0 Å². The van der Waals surface area contributed by atoms with Gasteiger partial charge >= 0.3 is 6.03 Å². The molecule has 1 aromatic heterocycles. The minimum Gasteiger partial charge on any atom is -0.332 e. The van der Waals surface area contributed by atoms with Gasteiger partial charge in [0.1, 0.15) is 5.02 Å². The molecule has 4 aliphatic carbocycles. The maximum atomic E-state index is 12.7. The molecule has 2 amide bonds. The number of benzene rings is 1. The second-order valence-corrected chi connectivity index (χ2v) is 9.19. The quantitative estimate of drug-likeness (QED) is 0.804. The van der Waals surface area contributed by atoms with Crippen molar-refractivity contribution in [3.8, 4) is 0 Å². The van der Waals surface area contributed by atoms with Gasteiger partial charge in [0.25, 0.3) is 0 Å². The lowest BCUT2D eigenvalue weighted by Crippen LogP contribution is -2.60. The highest BCUT2D eigenvalue weighted by Crippen LogP contribution is 2.55. The first-order chi connectivity index (χ1) is 13.1. The molecule has 4 saturated carbocycles. The third kappa shape index (κ3) is 3.45. The Morgan fingerprint density at radius 2 is 1.74 bits per heavy atom. The lowest BCUT2D eigenvalue weighted by Gasteiger charge is -2.56. The Labute approximate surface area is 164 Å². The van der Waals surface area contributed by atoms with E-state index in [9.17, 15) is 4.79 Å². The number of hydrogen-bond acceptors (Lipinski definition) is 2. The average Bonchev–Trinajstić information content (AvgIpc) is 2.93. The fourth-order valence-corrected chi connectivity index (χ4v) is 6.17. The van der Waals surface area contributed by atoms with Crippen molar-refractivity contribution in [2.45, 2.75) is 50.6 Å². The van der Waals surface area contributed by atoms with Gasteiger partial charge in [0.15, 0.2) is 5.82 Å². The first-order valence-electron chi connectivity index (χ1n) is 9.93. The van der Waals surface area contributed by atoms with Crippen molar-refractivity contribution in [3.63, 3.8) is 0 Å². The van der Waals surface area contributed by atoms with E-state index in [0.29, 0.717) is 17.4 Å². The van der Waals surface area contributed by atoms with Gasteiger partial charge in [-0.05, 0) is 61.8 Å². The van der Waals surface area contributed by atoms with E-state index in [0.717, 1.165) is 42.6 Å². The number of nitrogens with zero attached hydrogens (tertiary/aromatic N) is 2. The van der Waals surface area contributed by atoms with Crippen molar-refractivity contribution < 1.29 is 4.79 Å². The number of nitrogens with one attached hydrogen (secondary N) is 2. The monoisotopic (exact) mass is 384 g/mol.